The van der Waals surface area contributed by atoms with Crippen molar-refractivity contribution in [1.82, 2.24) is 4.90 Å². The van der Waals surface area contributed by atoms with Gasteiger partial charge in [0.25, 0.3) is 11.8 Å². The van der Waals surface area contributed by atoms with Gasteiger partial charge in [-0.1, -0.05) is 43.3 Å². The van der Waals surface area contributed by atoms with Crippen LogP contribution >= 0.6 is 0 Å². The average molecular weight is 612 g/mol. The van der Waals surface area contributed by atoms with E-state index in [0.29, 0.717) is 40.7 Å². The molecule has 0 radical (unpaired) electrons. The second-order valence-corrected chi connectivity index (χ2v) is 11.7. The number of anilines is 3. The monoisotopic (exact) mass is 611 g/mol. The van der Waals surface area contributed by atoms with Gasteiger partial charge in [-0.15, -0.1) is 0 Å². The molecule has 0 spiro atoms. The van der Waals surface area contributed by atoms with Crippen LogP contribution < -0.4 is 19.3 Å². The summed E-state index contributed by atoms with van der Waals surface area (Å²) in [5.74, 6) is -0.257. The summed E-state index contributed by atoms with van der Waals surface area (Å²) in [5.41, 5.74) is 1.29. The zero-order valence-corrected chi connectivity index (χ0v) is 25.4. The summed E-state index contributed by atoms with van der Waals surface area (Å²) in [6, 6.07) is 19.8. The Labute approximate surface area is 262 Å². The molecule has 0 aromatic heterocycles. The Hall–Kier alpha value is -4.67. The number of likely N-dealkylation sites (tertiary alicyclic amines) is 1. The van der Waals surface area contributed by atoms with Crippen LogP contribution in [0.15, 0.2) is 78.9 Å². The second kappa shape index (κ2) is 12.4. The van der Waals surface area contributed by atoms with E-state index in [-0.39, 0.29) is 44.0 Å². The zero-order valence-electron chi connectivity index (χ0n) is 25.4. The highest BCUT2D eigenvalue weighted by molar-refractivity contribution is 6.07. The standard InChI is InChI=1S/C35H37N3O7/c1-23(7-5-11-32(40)36-18-6-8-26(36)21-39)35(43)28-19-27(44-2)16-17-29(28)37(34(35)42)20-24-12-14-25(15-13-24)38-30-9-3-4-10-31(30)45-22-33(38)41/h3-5,7,9-10,12-17,19,23,26,39,43H,6,8,11,18,20-22H2,1-2H3/b7-5+/t23-,26+,35+/m1/s1. The van der Waals surface area contributed by atoms with Crippen LogP contribution in [0, 0.1) is 5.92 Å². The minimum Gasteiger partial charge on any atom is -0.497 e. The van der Waals surface area contributed by atoms with Crippen molar-refractivity contribution in [2.75, 3.05) is 36.7 Å². The highest BCUT2D eigenvalue weighted by atomic mass is 16.5. The number of hydrogen-bond acceptors (Lipinski definition) is 7. The molecule has 0 saturated carbocycles. The van der Waals surface area contributed by atoms with E-state index in [2.05, 4.69) is 0 Å². The van der Waals surface area contributed by atoms with Crippen LogP contribution in [0.3, 0.4) is 0 Å². The van der Waals surface area contributed by atoms with Crippen LogP contribution in [0.4, 0.5) is 17.1 Å². The number of benzene rings is 3. The number of fused-ring (bicyclic) bond motifs is 2. The Balaban J connectivity index is 1.23. The lowest BCUT2D eigenvalue weighted by molar-refractivity contribution is -0.139. The molecule has 3 atom stereocenters. The van der Waals surface area contributed by atoms with Crippen molar-refractivity contribution in [3.05, 3.63) is 90.0 Å². The number of ether oxygens (including phenoxy) is 2. The van der Waals surface area contributed by atoms with Gasteiger partial charge in [-0.05, 0) is 60.9 Å². The summed E-state index contributed by atoms with van der Waals surface area (Å²) in [5, 5.41) is 21.6. The molecule has 3 aromatic rings. The third kappa shape index (κ3) is 5.44. The summed E-state index contributed by atoms with van der Waals surface area (Å²) in [6.45, 7) is 2.46. The first-order valence-electron chi connectivity index (χ1n) is 15.2. The van der Waals surface area contributed by atoms with Gasteiger partial charge < -0.3 is 29.5 Å². The van der Waals surface area contributed by atoms with Gasteiger partial charge in [0.15, 0.2) is 12.2 Å². The Bertz CT molecular complexity index is 1640. The number of para-hydroxylation sites is 2. The van der Waals surface area contributed by atoms with E-state index in [4.69, 9.17) is 9.47 Å². The fourth-order valence-electron chi connectivity index (χ4n) is 6.51. The number of carbonyl (C=O) groups is 3. The molecule has 234 valence electrons. The van der Waals surface area contributed by atoms with Crippen LogP contribution in [0.25, 0.3) is 0 Å². The lowest BCUT2D eigenvalue weighted by Crippen LogP contribution is -2.44. The van der Waals surface area contributed by atoms with Gasteiger partial charge in [-0.25, -0.2) is 0 Å². The maximum absolute atomic E-state index is 14.0. The van der Waals surface area contributed by atoms with Crippen LogP contribution in [-0.2, 0) is 26.5 Å². The van der Waals surface area contributed by atoms with Crippen LogP contribution in [-0.4, -0.2) is 65.7 Å². The molecule has 1 saturated heterocycles. The normalized spacial score (nSPS) is 21.6. The van der Waals surface area contributed by atoms with Crippen molar-refractivity contribution < 1.29 is 34.1 Å². The van der Waals surface area contributed by atoms with E-state index < -0.39 is 17.4 Å². The quantitative estimate of drug-likeness (QED) is 0.351. The van der Waals surface area contributed by atoms with Crippen molar-refractivity contribution in [2.24, 2.45) is 5.92 Å². The Morgan fingerprint density at radius 2 is 1.89 bits per heavy atom. The topological polar surface area (TPSA) is 120 Å². The number of hydrogen-bond donors (Lipinski definition) is 2. The molecule has 1 fully saturated rings. The Morgan fingerprint density at radius 3 is 2.64 bits per heavy atom. The Morgan fingerprint density at radius 1 is 1.11 bits per heavy atom. The minimum atomic E-state index is -1.88. The first-order chi connectivity index (χ1) is 21.8. The minimum absolute atomic E-state index is 0.0535. The summed E-state index contributed by atoms with van der Waals surface area (Å²) in [6.07, 6.45) is 5.16. The molecule has 45 heavy (non-hydrogen) atoms. The average Bonchev–Trinajstić information content (AvgIpc) is 3.63. The van der Waals surface area contributed by atoms with Crippen LogP contribution in [0.1, 0.15) is 37.3 Å². The smallest absolute Gasteiger partial charge is 0.269 e. The number of carbonyl (C=O) groups excluding carboxylic acids is 3. The molecule has 2 N–H and O–H groups in total. The maximum atomic E-state index is 14.0. The number of nitrogens with zero attached hydrogens (tertiary/aromatic N) is 3. The highest BCUT2D eigenvalue weighted by Crippen LogP contribution is 2.47. The molecule has 6 rings (SSSR count). The lowest BCUT2D eigenvalue weighted by atomic mass is 9.83. The number of aliphatic hydroxyl groups excluding tert-OH is 1. The van der Waals surface area contributed by atoms with E-state index in [1.54, 1.807) is 52.0 Å². The molecular formula is C35H37N3O7. The SMILES string of the molecule is COc1ccc2c(c1)[C@@](O)([C@H](C)/C=C/CC(=O)N1CCC[C@H]1CO)C(=O)N2Cc1ccc(N2C(=O)COc3ccccc32)cc1. The van der Waals surface area contributed by atoms with Gasteiger partial charge in [0.2, 0.25) is 5.91 Å². The maximum Gasteiger partial charge on any atom is 0.269 e. The number of methoxy groups -OCH3 is 1. The van der Waals surface area contributed by atoms with Crippen LogP contribution in [0.5, 0.6) is 11.5 Å². The molecule has 3 aromatic carbocycles. The fraction of sp³-hybridized carbons (Fsp3) is 0.343. The van der Waals surface area contributed by atoms with Gasteiger partial charge in [-0.3, -0.25) is 19.3 Å². The van der Waals surface area contributed by atoms with Gasteiger partial charge >= 0.3 is 0 Å². The summed E-state index contributed by atoms with van der Waals surface area (Å²) in [4.78, 5) is 44.5. The molecule has 0 bridgehead atoms. The van der Waals surface area contributed by atoms with Crippen molar-refractivity contribution in [3.63, 3.8) is 0 Å². The fourth-order valence-corrected chi connectivity index (χ4v) is 6.51. The predicted molar refractivity (Wildman–Crippen MR) is 168 cm³/mol. The van der Waals surface area contributed by atoms with E-state index in [9.17, 15) is 24.6 Å². The third-order valence-electron chi connectivity index (χ3n) is 9.00. The molecule has 0 unspecified atom stereocenters. The molecule has 3 amide bonds. The summed E-state index contributed by atoms with van der Waals surface area (Å²) in [7, 11) is 1.53. The summed E-state index contributed by atoms with van der Waals surface area (Å²) >= 11 is 0. The lowest BCUT2D eigenvalue weighted by Gasteiger charge is -2.29. The van der Waals surface area contributed by atoms with Crippen molar-refractivity contribution in [1.29, 1.82) is 0 Å². The predicted octanol–water partition coefficient (Wildman–Crippen LogP) is 4.05. The molecule has 10 heteroatoms. The molecule has 3 heterocycles. The molecule has 3 aliphatic heterocycles. The van der Waals surface area contributed by atoms with E-state index in [1.807, 2.05) is 48.5 Å². The number of aliphatic hydroxyl groups is 2. The van der Waals surface area contributed by atoms with Crippen molar-refractivity contribution >= 4 is 34.8 Å². The molecule has 10 nitrogen and oxygen atoms in total. The second-order valence-electron chi connectivity index (χ2n) is 11.7. The molecule has 0 aliphatic carbocycles. The van der Waals surface area contributed by atoms with Gasteiger partial charge in [0.05, 0.1) is 37.7 Å². The number of amides is 3. The number of rotatable bonds is 9. The van der Waals surface area contributed by atoms with Crippen LogP contribution in [0.2, 0.25) is 0 Å². The molecular weight excluding hydrogens is 574 g/mol. The van der Waals surface area contributed by atoms with Crippen molar-refractivity contribution in [2.45, 2.75) is 44.4 Å². The summed E-state index contributed by atoms with van der Waals surface area (Å²) < 4.78 is 11.0. The van der Waals surface area contributed by atoms with E-state index in [0.717, 1.165) is 18.4 Å². The highest BCUT2D eigenvalue weighted by Gasteiger charge is 2.52. The zero-order chi connectivity index (χ0) is 31.7. The van der Waals surface area contributed by atoms with Gasteiger partial charge in [0, 0.05) is 30.1 Å². The van der Waals surface area contributed by atoms with E-state index >= 15 is 0 Å². The van der Waals surface area contributed by atoms with Gasteiger partial charge in [0.1, 0.15) is 11.5 Å². The third-order valence-corrected chi connectivity index (χ3v) is 9.00. The van der Waals surface area contributed by atoms with E-state index in [1.165, 1.54) is 7.11 Å². The van der Waals surface area contributed by atoms with Gasteiger partial charge in [-0.2, -0.15) is 0 Å². The first-order valence-corrected chi connectivity index (χ1v) is 15.2. The largest absolute Gasteiger partial charge is 0.497 e. The van der Waals surface area contributed by atoms with Crippen molar-refractivity contribution in [3.8, 4) is 11.5 Å². The first kappa shape index (κ1) is 30.4. The molecule has 3 aliphatic rings. The Kier molecular flexibility index (Phi) is 8.35.